The average Bonchev–Trinajstić information content (AvgIpc) is 2.31. The Morgan fingerprint density at radius 1 is 1.43 bits per heavy atom. The maximum absolute atomic E-state index is 13.1. The number of benzene rings is 1. The second-order valence-corrected chi connectivity index (χ2v) is 3.75. The Kier molecular flexibility index (Phi) is 4.16. The van der Waals surface area contributed by atoms with Crippen LogP contribution >= 0.6 is 28.3 Å². The fourth-order valence-electron chi connectivity index (χ4n) is 1.30. The zero-order valence-electron chi connectivity index (χ0n) is 7.35. The largest absolute Gasteiger partial charge is 0.492 e. The topological polar surface area (TPSA) is 21.3 Å². The van der Waals surface area contributed by atoms with Crippen LogP contribution in [-0.2, 0) is 6.54 Å². The number of ether oxygens (including phenoxy) is 1. The van der Waals surface area contributed by atoms with Gasteiger partial charge in [0.15, 0.2) is 0 Å². The molecule has 0 aliphatic carbocycles. The van der Waals surface area contributed by atoms with E-state index in [2.05, 4.69) is 21.2 Å². The summed E-state index contributed by atoms with van der Waals surface area (Å²) in [5.41, 5.74) is 0.991. The van der Waals surface area contributed by atoms with E-state index in [1.807, 2.05) is 0 Å². The van der Waals surface area contributed by atoms with Crippen molar-refractivity contribution in [1.29, 1.82) is 0 Å². The summed E-state index contributed by atoms with van der Waals surface area (Å²) in [7, 11) is 0. The Morgan fingerprint density at radius 2 is 2.21 bits per heavy atom. The molecule has 5 heteroatoms. The first kappa shape index (κ1) is 11.8. The zero-order valence-corrected chi connectivity index (χ0v) is 9.75. The molecule has 2 rings (SSSR count). The highest BCUT2D eigenvalue weighted by atomic mass is 79.9. The molecular formula is C9H10BrClFNO. The normalized spacial score (nSPS) is 14.7. The third kappa shape index (κ3) is 2.38. The molecule has 78 valence electrons. The third-order valence-corrected chi connectivity index (χ3v) is 2.56. The van der Waals surface area contributed by atoms with E-state index in [0.29, 0.717) is 16.8 Å². The van der Waals surface area contributed by atoms with Crippen molar-refractivity contribution in [3.63, 3.8) is 0 Å². The fourth-order valence-corrected chi connectivity index (χ4v) is 1.69. The van der Waals surface area contributed by atoms with Gasteiger partial charge in [-0.15, -0.1) is 12.4 Å². The summed E-state index contributed by atoms with van der Waals surface area (Å²) < 4.78 is 18.9. The zero-order chi connectivity index (χ0) is 9.26. The number of halogens is 3. The molecule has 0 radical (unpaired) electrons. The van der Waals surface area contributed by atoms with Crippen molar-refractivity contribution in [1.82, 2.24) is 5.32 Å². The van der Waals surface area contributed by atoms with Crippen LogP contribution in [0.2, 0.25) is 0 Å². The predicted octanol–water partition coefficient (Wildman–Crippen LogP) is 2.49. The first-order valence-corrected chi connectivity index (χ1v) is 4.88. The van der Waals surface area contributed by atoms with E-state index in [1.165, 1.54) is 6.07 Å². The molecule has 14 heavy (non-hydrogen) atoms. The van der Waals surface area contributed by atoms with Crippen molar-refractivity contribution in [3.05, 3.63) is 28.0 Å². The molecular weight excluding hydrogens is 272 g/mol. The molecule has 0 bridgehead atoms. The van der Waals surface area contributed by atoms with Crippen molar-refractivity contribution in [2.24, 2.45) is 0 Å². The van der Waals surface area contributed by atoms with Crippen molar-refractivity contribution >= 4 is 28.3 Å². The number of rotatable bonds is 0. The van der Waals surface area contributed by atoms with Gasteiger partial charge in [-0.1, -0.05) is 0 Å². The Bertz CT molecular complexity index is 304. The number of hydrogen-bond donors (Lipinski definition) is 1. The number of fused-ring (bicyclic) bond motifs is 1. The molecule has 0 spiro atoms. The van der Waals surface area contributed by atoms with Gasteiger partial charge in [0.1, 0.15) is 18.2 Å². The Morgan fingerprint density at radius 3 is 3.00 bits per heavy atom. The first-order chi connectivity index (χ1) is 6.27. The summed E-state index contributed by atoms with van der Waals surface area (Å²) >= 11 is 3.14. The lowest BCUT2D eigenvalue weighted by atomic mass is 10.2. The Hall–Kier alpha value is -0.320. The molecule has 1 aromatic rings. The predicted molar refractivity (Wildman–Crippen MR) is 58.5 cm³/mol. The molecule has 2 nitrogen and oxygen atoms in total. The molecule has 0 fully saturated rings. The summed E-state index contributed by atoms with van der Waals surface area (Å²) in [5.74, 6) is 0.367. The van der Waals surface area contributed by atoms with Crippen molar-refractivity contribution in [2.45, 2.75) is 6.54 Å². The van der Waals surface area contributed by atoms with Gasteiger partial charge in [-0.3, -0.25) is 0 Å². The summed E-state index contributed by atoms with van der Waals surface area (Å²) in [5, 5.41) is 3.18. The SMILES string of the molecule is Cl.Fc1cc2c(cc1Br)CNCCO2. The second-order valence-electron chi connectivity index (χ2n) is 2.90. The second kappa shape index (κ2) is 4.96. The van der Waals surface area contributed by atoms with Crippen molar-refractivity contribution in [3.8, 4) is 5.75 Å². The summed E-state index contributed by atoms with van der Waals surface area (Å²) in [4.78, 5) is 0. The van der Waals surface area contributed by atoms with Crippen molar-refractivity contribution < 1.29 is 9.13 Å². The van der Waals surface area contributed by atoms with E-state index in [9.17, 15) is 4.39 Å². The first-order valence-electron chi connectivity index (χ1n) is 4.09. The van der Waals surface area contributed by atoms with Crippen LogP contribution in [0.25, 0.3) is 0 Å². The lowest BCUT2D eigenvalue weighted by molar-refractivity contribution is 0.324. The average molecular weight is 283 g/mol. The van der Waals surface area contributed by atoms with Gasteiger partial charge in [0.2, 0.25) is 0 Å². The highest BCUT2D eigenvalue weighted by Gasteiger charge is 2.11. The van der Waals surface area contributed by atoms with Gasteiger partial charge < -0.3 is 10.1 Å². The molecule has 1 aromatic carbocycles. The monoisotopic (exact) mass is 281 g/mol. The summed E-state index contributed by atoms with van der Waals surface area (Å²) in [6, 6.07) is 3.18. The highest BCUT2D eigenvalue weighted by molar-refractivity contribution is 9.10. The van der Waals surface area contributed by atoms with Gasteiger partial charge >= 0.3 is 0 Å². The van der Waals surface area contributed by atoms with Crippen LogP contribution in [0.4, 0.5) is 4.39 Å². The molecule has 0 saturated carbocycles. The molecule has 0 saturated heterocycles. The van der Waals surface area contributed by atoms with Crippen LogP contribution in [0.1, 0.15) is 5.56 Å². The lowest BCUT2D eigenvalue weighted by Crippen LogP contribution is -2.16. The van der Waals surface area contributed by atoms with Crippen LogP contribution < -0.4 is 10.1 Å². The maximum atomic E-state index is 13.1. The smallest absolute Gasteiger partial charge is 0.141 e. The van der Waals surface area contributed by atoms with Gasteiger partial charge in [-0.25, -0.2) is 4.39 Å². The van der Waals surface area contributed by atoms with Gasteiger partial charge in [-0.2, -0.15) is 0 Å². The minimum atomic E-state index is -0.277. The van der Waals surface area contributed by atoms with Crippen LogP contribution in [0.15, 0.2) is 16.6 Å². The molecule has 1 aliphatic heterocycles. The van der Waals surface area contributed by atoms with E-state index >= 15 is 0 Å². The van der Waals surface area contributed by atoms with E-state index in [1.54, 1.807) is 6.07 Å². The van der Waals surface area contributed by atoms with E-state index < -0.39 is 0 Å². The number of nitrogens with one attached hydrogen (secondary N) is 1. The molecule has 0 amide bonds. The molecule has 0 unspecified atom stereocenters. The third-order valence-electron chi connectivity index (χ3n) is 1.96. The maximum Gasteiger partial charge on any atom is 0.141 e. The summed E-state index contributed by atoms with van der Waals surface area (Å²) in [6.45, 7) is 2.12. The Balaban J connectivity index is 0.000000980. The Labute approximate surface area is 96.4 Å². The van der Waals surface area contributed by atoms with Crippen LogP contribution in [0.3, 0.4) is 0 Å². The molecule has 0 atom stereocenters. The molecule has 0 aromatic heterocycles. The number of hydrogen-bond acceptors (Lipinski definition) is 2. The minimum Gasteiger partial charge on any atom is -0.492 e. The van der Waals surface area contributed by atoms with Gasteiger partial charge in [0.25, 0.3) is 0 Å². The summed E-state index contributed by atoms with van der Waals surface area (Å²) in [6.07, 6.45) is 0. The standard InChI is InChI=1S/C9H9BrFNO.ClH/c10-7-3-6-5-12-1-2-13-9(6)4-8(7)11;/h3-4,12H,1-2,5H2;1H. The van der Waals surface area contributed by atoms with E-state index in [4.69, 9.17) is 4.74 Å². The van der Waals surface area contributed by atoms with Crippen LogP contribution in [-0.4, -0.2) is 13.2 Å². The van der Waals surface area contributed by atoms with Crippen molar-refractivity contribution in [2.75, 3.05) is 13.2 Å². The molecule has 1 N–H and O–H groups in total. The molecule has 1 aliphatic rings. The van der Waals surface area contributed by atoms with Gasteiger partial charge in [0.05, 0.1) is 4.47 Å². The quantitative estimate of drug-likeness (QED) is 0.789. The van der Waals surface area contributed by atoms with E-state index in [0.717, 1.165) is 18.7 Å². The van der Waals surface area contributed by atoms with Crippen LogP contribution in [0.5, 0.6) is 5.75 Å². The lowest BCUT2D eigenvalue weighted by Gasteiger charge is -2.06. The molecule has 1 heterocycles. The highest BCUT2D eigenvalue weighted by Crippen LogP contribution is 2.27. The fraction of sp³-hybridized carbons (Fsp3) is 0.333. The van der Waals surface area contributed by atoms with Gasteiger partial charge in [-0.05, 0) is 22.0 Å². The van der Waals surface area contributed by atoms with E-state index in [-0.39, 0.29) is 18.2 Å². The minimum absolute atomic E-state index is 0. The van der Waals surface area contributed by atoms with Gasteiger partial charge in [0, 0.05) is 24.7 Å². The van der Waals surface area contributed by atoms with Crippen LogP contribution in [0, 0.1) is 5.82 Å².